The number of nitrogens with zero attached hydrogens (tertiary/aromatic N) is 1. The van der Waals surface area contributed by atoms with E-state index in [-0.39, 0.29) is 6.61 Å². The van der Waals surface area contributed by atoms with E-state index in [0.29, 0.717) is 39.1 Å². The molecule has 2 rings (SSSR count). The highest BCUT2D eigenvalue weighted by molar-refractivity contribution is 7.87. The molecule has 1 saturated carbocycles. The Bertz CT molecular complexity index is 359. The number of nitrogens with one attached hydrogen (secondary N) is 1. The first-order valence-electron chi connectivity index (χ1n) is 6.56. The third kappa shape index (κ3) is 3.21. The van der Waals surface area contributed by atoms with Crippen molar-refractivity contribution in [3.05, 3.63) is 0 Å². The average molecular weight is 278 g/mol. The predicted octanol–water partition coefficient (Wildman–Crippen LogP) is -0.152. The Kier molecular flexibility index (Phi) is 4.60. The van der Waals surface area contributed by atoms with E-state index < -0.39 is 15.7 Å². The van der Waals surface area contributed by atoms with Crippen LogP contribution in [0, 0.1) is 0 Å². The number of aliphatic hydroxyl groups is 1. The summed E-state index contributed by atoms with van der Waals surface area (Å²) in [7, 11) is -3.51. The Hall–Kier alpha value is -0.210. The van der Waals surface area contributed by atoms with E-state index in [2.05, 4.69) is 4.72 Å². The van der Waals surface area contributed by atoms with Gasteiger partial charge in [-0.05, 0) is 12.8 Å². The Morgan fingerprint density at radius 2 is 1.78 bits per heavy atom. The summed E-state index contributed by atoms with van der Waals surface area (Å²) in [5.41, 5.74) is -0.657. The van der Waals surface area contributed by atoms with Crippen LogP contribution in [0.5, 0.6) is 0 Å². The lowest BCUT2D eigenvalue weighted by Gasteiger charge is -2.38. The van der Waals surface area contributed by atoms with Crippen LogP contribution in [0.4, 0.5) is 0 Å². The molecular formula is C11H22N2O4S. The lowest BCUT2D eigenvalue weighted by molar-refractivity contribution is 0.0703. The van der Waals surface area contributed by atoms with Crippen molar-refractivity contribution in [2.75, 3.05) is 32.9 Å². The number of hydrogen-bond acceptors (Lipinski definition) is 4. The number of hydrogen-bond donors (Lipinski definition) is 2. The summed E-state index contributed by atoms with van der Waals surface area (Å²) in [4.78, 5) is 0. The van der Waals surface area contributed by atoms with Crippen LogP contribution >= 0.6 is 0 Å². The Balaban J connectivity index is 2.05. The molecule has 2 aliphatic rings. The standard InChI is InChI=1S/C11H22N2O4S/c14-10-11(4-2-1-3-5-11)12-18(15,16)13-6-8-17-9-7-13/h12,14H,1-10H2. The first-order valence-corrected chi connectivity index (χ1v) is 8.00. The van der Waals surface area contributed by atoms with Crippen molar-refractivity contribution >= 4 is 10.2 Å². The van der Waals surface area contributed by atoms with Crippen LogP contribution in [0.15, 0.2) is 0 Å². The molecule has 0 unspecified atom stereocenters. The van der Waals surface area contributed by atoms with Gasteiger partial charge in [0.15, 0.2) is 0 Å². The van der Waals surface area contributed by atoms with Crippen molar-refractivity contribution in [3.8, 4) is 0 Å². The molecule has 18 heavy (non-hydrogen) atoms. The molecule has 2 fully saturated rings. The van der Waals surface area contributed by atoms with E-state index in [4.69, 9.17) is 4.74 Å². The van der Waals surface area contributed by atoms with Gasteiger partial charge in [0.05, 0.1) is 25.4 Å². The lowest BCUT2D eigenvalue weighted by atomic mass is 9.83. The molecular weight excluding hydrogens is 256 g/mol. The van der Waals surface area contributed by atoms with Crippen molar-refractivity contribution in [2.45, 2.75) is 37.6 Å². The van der Waals surface area contributed by atoms with E-state index in [0.717, 1.165) is 19.3 Å². The van der Waals surface area contributed by atoms with Gasteiger partial charge in [-0.2, -0.15) is 17.4 Å². The molecule has 2 N–H and O–H groups in total. The third-order valence-corrected chi connectivity index (χ3v) is 5.50. The molecule has 0 aromatic rings. The molecule has 106 valence electrons. The predicted molar refractivity (Wildman–Crippen MR) is 67.3 cm³/mol. The Morgan fingerprint density at radius 1 is 1.17 bits per heavy atom. The summed E-state index contributed by atoms with van der Waals surface area (Å²) in [5, 5.41) is 9.53. The summed E-state index contributed by atoms with van der Waals surface area (Å²) >= 11 is 0. The van der Waals surface area contributed by atoms with Gasteiger partial charge >= 0.3 is 0 Å². The summed E-state index contributed by atoms with van der Waals surface area (Å²) in [6.45, 7) is 1.52. The monoisotopic (exact) mass is 278 g/mol. The van der Waals surface area contributed by atoms with Crippen LogP contribution < -0.4 is 4.72 Å². The molecule has 0 radical (unpaired) electrons. The van der Waals surface area contributed by atoms with Gasteiger partial charge < -0.3 is 9.84 Å². The van der Waals surface area contributed by atoms with Gasteiger partial charge in [0, 0.05) is 13.1 Å². The fourth-order valence-electron chi connectivity index (χ4n) is 2.65. The van der Waals surface area contributed by atoms with Gasteiger partial charge in [0.2, 0.25) is 0 Å². The van der Waals surface area contributed by atoms with E-state index in [9.17, 15) is 13.5 Å². The summed E-state index contributed by atoms with van der Waals surface area (Å²) in [6, 6.07) is 0. The molecule has 0 bridgehead atoms. The van der Waals surface area contributed by atoms with E-state index in [1.807, 2.05) is 0 Å². The normalized spacial score (nSPS) is 26.1. The highest BCUT2D eigenvalue weighted by Gasteiger charge is 2.37. The fourth-order valence-corrected chi connectivity index (χ4v) is 4.22. The topological polar surface area (TPSA) is 78.9 Å². The van der Waals surface area contributed by atoms with Crippen molar-refractivity contribution in [3.63, 3.8) is 0 Å². The second-order valence-electron chi connectivity index (χ2n) is 5.12. The van der Waals surface area contributed by atoms with Gasteiger partial charge in [0.25, 0.3) is 10.2 Å². The second kappa shape index (κ2) is 5.83. The third-order valence-electron chi connectivity index (χ3n) is 3.77. The van der Waals surface area contributed by atoms with E-state index in [1.54, 1.807) is 0 Å². The summed E-state index contributed by atoms with van der Waals surface area (Å²) in [6.07, 6.45) is 4.47. The minimum Gasteiger partial charge on any atom is -0.394 e. The molecule has 1 aliphatic heterocycles. The highest BCUT2D eigenvalue weighted by atomic mass is 32.2. The van der Waals surface area contributed by atoms with Crippen LogP contribution in [0.1, 0.15) is 32.1 Å². The molecule has 7 heteroatoms. The van der Waals surface area contributed by atoms with Crippen molar-refractivity contribution in [2.24, 2.45) is 0 Å². The molecule has 0 atom stereocenters. The zero-order chi connectivity index (χ0) is 13.1. The molecule has 1 saturated heterocycles. The van der Waals surface area contributed by atoms with Crippen molar-refractivity contribution in [1.82, 2.24) is 9.03 Å². The van der Waals surface area contributed by atoms with E-state index >= 15 is 0 Å². The molecule has 1 heterocycles. The molecule has 0 amide bonds. The maximum atomic E-state index is 12.3. The number of rotatable bonds is 4. The molecule has 0 aromatic carbocycles. The zero-order valence-corrected chi connectivity index (χ0v) is 11.4. The van der Waals surface area contributed by atoms with Crippen LogP contribution in [0.25, 0.3) is 0 Å². The first kappa shape index (κ1) is 14.2. The maximum Gasteiger partial charge on any atom is 0.280 e. The molecule has 0 aromatic heterocycles. The molecule has 0 spiro atoms. The average Bonchev–Trinajstić information content (AvgIpc) is 2.40. The maximum absolute atomic E-state index is 12.3. The minimum absolute atomic E-state index is 0.128. The SMILES string of the molecule is O=S(=O)(NC1(CO)CCCCC1)N1CCOCC1. The van der Waals surface area contributed by atoms with Gasteiger partial charge in [-0.1, -0.05) is 19.3 Å². The lowest BCUT2D eigenvalue weighted by Crippen LogP contribution is -2.57. The Labute approximate surface area is 108 Å². The van der Waals surface area contributed by atoms with Gasteiger partial charge in [0.1, 0.15) is 0 Å². The summed E-state index contributed by atoms with van der Waals surface area (Å²) < 4.78 is 33.8. The Morgan fingerprint density at radius 3 is 2.33 bits per heavy atom. The van der Waals surface area contributed by atoms with Gasteiger partial charge in [-0.25, -0.2) is 0 Å². The number of ether oxygens (including phenoxy) is 1. The highest BCUT2D eigenvalue weighted by Crippen LogP contribution is 2.28. The number of morpholine rings is 1. The van der Waals surface area contributed by atoms with Crippen molar-refractivity contribution in [1.29, 1.82) is 0 Å². The smallest absolute Gasteiger partial charge is 0.280 e. The van der Waals surface area contributed by atoms with Crippen molar-refractivity contribution < 1.29 is 18.3 Å². The quantitative estimate of drug-likeness (QED) is 0.749. The van der Waals surface area contributed by atoms with Gasteiger partial charge in [-0.15, -0.1) is 0 Å². The van der Waals surface area contributed by atoms with Crippen LogP contribution in [0.3, 0.4) is 0 Å². The first-order chi connectivity index (χ1) is 8.58. The zero-order valence-electron chi connectivity index (χ0n) is 10.6. The number of aliphatic hydroxyl groups excluding tert-OH is 1. The fraction of sp³-hybridized carbons (Fsp3) is 1.00. The van der Waals surface area contributed by atoms with E-state index in [1.165, 1.54) is 4.31 Å². The van der Waals surface area contributed by atoms with Crippen LogP contribution in [-0.4, -0.2) is 56.3 Å². The largest absolute Gasteiger partial charge is 0.394 e. The molecule has 6 nitrogen and oxygen atoms in total. The summed E-state index contributed by atoms with van der Waals surface area (Å²) in [5.74, 6) is 0. The van der Waals surface area contributed by atoms with Crippen LogP contribution in [-0.2, 0) is 14.9 Å². The molecule has 1 aliphatic carbocycles. The minimum atomic E-state index is -3.51. The second-order valence-corrected chi connectivity index (χ2v) is 6.79. The van der Waals surface area contributed by atoms with Gasteiger partial charge in [-0.3, -0.25) is 0 Å². The van der Waals surface area contributed by atoms with Crippen LogP contribution in [0.2, 0.25) is 0 Å².